The van der Waals surface area contributed by atoms with Gasteiger partial charge in [-0.3, -0.25) is 0 Å². The van der Waals surface area contributed by atoms with Crippen LogP contribution in [-0.4, -0.2) is 0 Å². The zero-order chi connectivity index (χ0) is 10.6. The van der Waals surface area contributed by atoms with Gasteiger partial charge in [-0.15, -0.1) is 11.3 Å². The summed E-state index contributed by atoms with van der Waals surface area (Å²) in [5.41, 5.74) is 0. The van der Waals surface area contributed by atoms with Gasteiger partial charge >= 0.3 is 0 Å². The molecule has 0 aromatic carbocycles. The first-order valence-electron chi connectivity index (χ1n) is 5.55. The number of rotatable bonds is 2. The maximum absolute atomic E-state index is 3.91. The van der Waals surface area contributed by atoms with Gasteiger partial charge in [-0.1, -0.05) is 15.9 Å². The van der Waals surface area contributed by atoms with Crippen LogP contribution in [0.1, 0.15) is 33.8 Å². The molecule has 0 amide bonds. The molecule has 0 N–H and O–H groups in total. The smallest absolute Gasteiger partial charge is 0.0528 e. The van der Waals surface area contributed by atoms with Crippen molar-refractivity contribution in [2.75, 3.05) is 0 Å². The first-order chi connectivity index (χ1) is 7.15. The number of fused-ring (bicyclic) bond motifs is 1. The zero-order valence-electron chi connectivity index (χ0n) is 8.67. The molecule has 0 nitrogen and oxygen atoms in total. The molecule has 3 atom stereocenters. The Hall–Kier alpha value is 0.660. The number of halogens is 2. The Kier molecular flexibility index (Phi) is 2.77. The highest BCUT2D eigenvalue weighted by molar-refractivity contribution is 9.11. The molecule has 0 spiro atoms. The van der Waals surface area contributed by atoms with E-state index < -0.39 is 0 Å². The van der Waals surface area contributed by atoms with Gasteiger partial charge in [0.05, 0.1) is 4.83 Å². The minimum absolute atomic E-state index is 0.582. The van der Waals surface area contributed by atoms with Crippen LogP contribution in [0.4, 0.5) is 0 Å². The first kappa shape index (κ1) is 10.8. The highest BCUT2D eigenvalue weighted by Gasteiger charge is 2.48. The van der Waals surface area contributed by atoms with Crippen LogP contribution in [0, 0.1) is 24.7 Å². The largest absolute Gasteiger partial charge is 0.143 e. The minimum Gasteiger partial charge on any atom is -0.143 e. The van der Waals surface area contributed by atoms with E-state index in [1.54, 1.807) is 0 Å². The van der Waals surface area contributed by atoms with Crippen molar-refractivity contribution in [3.05, 3.63) is 20.3 Å². The summed E-state index contributed by atoms with van der Waals surface area (Å²) in [6, 6.07) is 2.24. The summed E-state index contributed by atoms with van der Waals surface area (Å²) in [6.07, 6.45) is 4.41. The van der Waals surface area contributed by atoms with Crippen LogP contribution in [0.5, 0.6) is 0 Å². The Morgan fingerprint density at radius 1 is 1.33 bits per heavy atom. The van der Waals surface area contributed by atoms with Crippen LogP contribution >= 0.6 is 43.2 Å². The van der Waals surface area contributed by atoms with Crippen molar-refractivity contribution in [2.45, 2.75) is 31.0 Å². The van der Waals surface area contributed by atoms with E-state index in [0.717, 1.165) is 17.8 Å². The molecule has 82 valence electrons. The molecule has 3 rings (SSSR count). The molecule has 3 unspecified atom stereocenters. The Labute approximate surface area is 112 Å². The highest BCUT2D eigenvalue weighted by atomic mass is 79.9. The molecule has 3 heteroatoms. The van der Waals surface area contributed by atoms with Crippen molar-refractivity contribution >= 4 is 43.2 Å². The molecule has 0 aliphatic heterocycles. The van der Waals surface area contributed by atoms with Crippen LogP contribution in [0.25, 0.3) is 0 Å². The van der Waals surface area contributed by atoms with Gasteiger partial charge in [0, 0.05) is 14.2 Å². The predicted molar refractivity (Wildman–Crippen MR) is 72.7 cm³/mol. The summed E-state index contributed by atoms with van der Waals surface area (Å²) in [5, 5.41) is 0. The van der Waals surface area contributed by atoms with Crippen molar-refractivity contribution in [3.63, 3.8) is 0 Å². The fourth-order valence-electron chi connectivity index (χ4n) is 2.90. The van der Waals surface area contributed by atoms with E-state index in [-0.39, 0.29) is 0 Å². The van der Waals surface area contributed by atoms with Gasteiger partial charge in [-0.2, -0.15) is 0 Å². The van der Waals surface area contributed by atoms with E-state index in [0.29, 0.717) is 4.83 Å². The Morgan fingerprint density at radius 3 is 2.53 bits per heavy atom. The lowest BCUT2D eigenvalue weighted by atomic mass is 9.99. The molecule has 2 fully saturated rings. The summed E-state index contributed by atoms with van der Waals surface area (Å²) >= 11 is 9.51. The normalized spacial score (nSPS) is 35.3. The van der Waals surface area contributed by atoms with E-state index in [4.69, 9.17) is 0 Å². The van der Waals surface area contributed by atoms with E-state index >= 15 is 0 Å². The second-order valence-electron chi connectivity index (χ2n) is 4.96. The molecular formula is C12H14Br2S. The van der Waals surface area contributed by atoms with E-state index in [1.807, 2.05) is 11.3 Å². The summed E-state index contributed by atoms with van der Waals surface area (Å²) in [6.45, 7) is 2.19. The fourth-order valence-corrected chi connectivity index (χ4v) is 6.14. The molecule has 15 heavy (non-hydrogen) atoms. The lowest BCUT2D eigenvalue weighted by Crippen LogP contribution is -2.04. The maximum atomic E-state index is 3.91. The van der Waals surface area contributed by atoms with Gasteiger partial charge in [-0.05, 0) is 65.9 Å². The molecule has 1 heterocycles. The van der Waals surface area contributed by atoms with Gasteiger partial charge in [0.2, 0.25) is 0 Å². The zero-order valence-corrected chi connectivity index (χ0v) is 12.7. The SMILES string of the molecule is Cc1cc(Br)c(C(Br)C2CC3CC3C2)s1. The number of thiophene rings is 1. The van der Waals surface area contributed by atoms with Crippen LogP contribution in [0.2, 0.25) is 0 Å². The fraction of sp³-hybridized carbons (Fsp3) is 0.667. The van der Waals surface area contributed by atoms with Gasteiger partial charge in [0.25, 0.3) is 0 Å². The molecule has 0 radical (unpaired) electrons. The Bertz CT molecular complexity index is 375. The van der Waals surface area contributed by atoms with Crippen LogP contribution < -0.4 is 0 Å². The molecular weight excluding hydrogens is 336 g/mol. The monoisotopic (exact) mass is 348 g/mol. The quantitative estimate of drug-likeness (QED) is 0.635. The lowest BCUT2D eigenvalue weighted by molar-refractivity contribution is 0.484. The van der Waals surface area contributed by atoms with Crippen molar-refractivity contribution < 1.29 is 0 Å². The van der Waals surface area contributed by atoms with Gasteiger partial charge in [0.1, 0.15) is 0 Å². The van der Waals surface area contributed by atoms with E-state index in [2.05, 4.69) is 44.8 Å². The average molecular weight is 350 g/mol. The van der Waals surface area contributed by atoms with Crippen LogP contribution in [0.3, 0.4) is 0 Å². The number of hydrogen-bond acceptors (Lipinski definition) is 1. The third-order valence-corrected chi connectivity index (χ3v) is 7.34. The van der Waals surface area contributed by atoms with Crippen molar-refractivity contribution in [1.29, 1.82) is 0 Å². The second kappa shape index (κ2) is 3.85. The molecule has 2 aliphatic carbocycles. The van der Waals surface area contributed by atoms with Crippen LogP contribution in [0.15, 0.2) is 10.5 Å². The topological polar surface area (TPSA) is 0 Å². The summed E-state index contributed by atoms with van der Waals surface area (Å²) in [4.78, 5) is 3.49. The number of hydrogen-bond donors (Lipinski definition) is 0. The van der Waals surface area contributed by atoms with Crippen molar-refractivity contribution in [1.82, 2.24) is 0 Å². The predicted octanol–water partition coefficient (Wildman–Crippen LogP) is 5.30. The molecule has 2 aliphatic rings. The number of alkyl halides is 1. The minimum atomic E-state index is 0.582. The number of aryl methyl sites for hydroxylation is 1. The summed E-state index contributed by atoms with van der Waals surface area (Å²) in [7, 11) is 0. The second-order valence-corrected chi connectivity index (χ2v) is 8.09. The van der Waals surface area contributed by atoms with Gasteiger partial charge in [0.15, 0.2) is 0 Å². The van der Waals surface area contributed by atoms with Gasteiger partial charge in [-0.25, -0.2) is 0 Å². The van der Waals surface area contributed by atoms with Crippen molar-refractivity contribution in [2.24, 2.45) is 17.8 Å². The van der Waals surface area contributed by atoms with Gasteiger partial charge < -0.3 is 0 Å². The molecule has 0 bridgehead atoms. The average Bonchev–Trinajstić information content (AvgIpc) is 2.65. The standard InChI is InChI=1S/C12H14Br2S/c1-6-2-10(13)12(15-6)11(14)9-4-7-3-8(7)5-9/h2,7-9,11H,3-5H2,1H3. The van der Waals surface area contributed by atoms with E-state index in [9.17, 15) is 0 Å². The first-order valence-corrected chi connectivity index (χ1v) is 8.07. The third-order valence-electron chi connectivity index (χ3n) is 3.78. The highest BCUT2D eigenvalue weighted by Crippen LogP contribution is 2.59. The third kappa shape index (κ3) is 1.96. The van der Waals surface area contributed by atoms with E-state index in [1.165, 1.54) is 33.5 Å². The maximum Gasteiger partial charge on any atom is 0.0528 e. The Morgan fingerprint density at radius 2 is 2.00 bits per heavy atom. The van der Waals surface area contributed by atoms with Crippen LogP contribution in [-0.2, 0) is 0 Å². The lowest BCUT2D eigenvalue weighted by Gasteiger charge is -2.18. The summed E-state index contributed by atoms with van der Waals surface area (Å²) < 4.78 is 1.30. The van der Waals surface area contributed by atoms with Crippen molar-refractivity contribution in [3.8, 4) is 0 Å². The summed E-state index contributed by atoms with van der Waals surface area (Å²) in [5.74, 6) is 3.04. The Balaban J connectivity index is 1.78. The molecule has 1 aromatic heterocycles. The molecule has 0 saturated heterocycles. The molecule has 2 saturated carbocycles. The molecule has 1 aromatic rings.